The number of hydrogen-bond acceptors (Lipinski definition) is 4. The molecular weight excluding hydrogens is 278 g/mol. The van der Waals surface area contributed by atoms with Gasteiger partial charge in [-0.2, -0.15) is 0 Å². The maximum absolute atomic E-state index is 11.9. The maximum Gasteiger partial charge on any atom is 0.323 e. The molecule has 0 fully saturated rings. The summed E-state index contributed by atoms with van der Waals surface area (Å²) in [7, 11) is 1.50. The molecule has 1 aromatic heterocycles. The molecule has 0 atom stereocenters. The molecular formula is C11H14ClNO4S. The first-order chi connectivity index (χ1) is 8.52. The van der Waals surface area contributed by atoms with E-state index in [-0.39, 0.29) is 25.4 Å². The van der Waals surface area contributed by atoms with E-state index in [0.29, 0.717) is 10.9 Å². The molecule has 7 heteroatoms. The number of thiophene rings is 1. The van der Waals surface area contributed by atoms with E-state index in [9.17, 15) is 9.59 Å². The first-order valence-electron chi connectivity index (χ1n) is 5.25. The van der Waals surface area contributed by atoms with Crippen molar-refractivity contribution in [2.75, 3.05) is 26.8 Å². The minimum absolute atomic E-state index is 0.161. The summed E-state index contributed by atoms with van der Waals surface area (Å²) in [5.74, 6) is -1.28. The van der Waals surface area contributed by atoms with E-state index < -0.39 is 5.97 Å². The van der Waals surface area contributed by atoms with Gasteiger partial charge in [0.1, 0.15) is 6.54 Å². The fraction of sp³-hybridized carbons (Fsp3) is 0.455. The van der Waals surface area contributed by atoms with Gasteiger partial charge in [0, 0.05) is 18.5 Å². The Balaban J connectivity index is 2.60. The van der Waals surface area contributed by atoms with Crippen LogP contribution in [0.4, 0.5) is 0 Å². The fourth-order valence-electron chi connectivity index (χ4n) is 1.36. The summed E-state index contributed by atoms with van der Waals surface area (Å²) in [5.41, 5.74) is 0. The summed E-state index contributed by atoms with van der Waals surface area (Å²) in [6.07, 6.45) is 0.161. The van der Waals surface area contributed by atoms with Crippen molar-refractivity contribution in [3.8, 4) is 0 Å². The van der Waals surface area contributed by atoms with Gasteiger partial charge in [0.15, 0.2) is 0 Å². The lowest BCUT2D eigenvalue weighted by Gasteiger charge is -2.19. The van der Waals surface area contributed by atoms with Gasteiger partial charge in [0.25, 0.3) is 0 Å². The van der Waals surface area contributed by atoms with Crippen LogP contribution in [0.15, 0.2) is 12.1 Å². The number of nitrogens with zero attached hydrogens (tertiary/aromatic N) is 1. The molecule has 0 aromatic carbocycles. The van der Waals surface area contributed by atoms with Crippen LogP contribution < -0.4 is 0 Å². The van der Waals surface area contributed by atoms with E-state index >= 15 is 0 Å². The molecule has 0 saturated heterocycles. The maximum atomic E-state index is 11.9. The third kappa shape index (κ3) is 5.03. The second kappa shape index (κ2) is 7.35. The molecule has 0 aliphatic rings. The van der Waals surface area contributed by atoms with Gasteiger partial charge in [-0.05, 0) is 12.1 Å². The molecule has 1 heterocycles. The summed E-state index contributed by atoms with van der Waals surface area (Å²) >= 11 is 7.09. The van der Waals surface area contributed by atoms with Gasteiger partial charge in [-0.1, -0.05) is 11.6 Å². The Kier molecular flexibility index (Phi) is 6.11. The van der Waals surface area contributed by atoms with Gasteiger partial charge in [-0.15, -0.1) is 11.3 Å². The van der Waals surface area contributed by atoms with Crippen LogP contribution in [0.5, 0.6) is 0 Å². The summed E-state index contributed by atoms with van der Waals surface area (Å²) < 4.78 is 5.46. The van der Waals surface area contributed by atoms with Crippen molar-refractivity contribution in [2.45, 2.75) is 6.42 Å². The zero-order valence-electron chi connectivity index (χ0n) is 9.89. The van der Waals surface area contributed by atoms with Crippen LogP contribution >= 0.6 is 22.9 Å². The Morgan fingerprint density at radius 1 is 1.50 bits per heavy atom. The zero-order valence-corrected chi connectivity index (χ0v) is 11.5. The number of aliphatic carboxylic acids is 1. The molecule has 0 aliphatic heterocycles. The highest BCUT2D eigenvalue weighted by atomic mass is 35.5. The van der Waals surface area contributed by atoms with Crippen molar-refractivity contribution in [3.05, 3.63) is 21.3 Å². The van der Waals surface area contributed by atoms with Crippen LogP contribution in [0.3, 0.4) is 0 Å². The Morgan fingerprint density at radius 3 is 2.72 bits per heavy atom. The van der Waals surface area contributed by atoms with Gasteiger partial charge < -0.3 is 14.7 Å². The average molecular weight is 292 g/mol. The molecule has 100 valence electrons. The third-order valence-electron chi connectivity index (χ3n) is 2.20. The number of amides is 1. The highest BCUT2D eigenvalue weighted by Crippen LogP contribution is 2.22. The van der Waals surface area contributed by atoms with Gasteiger partial charge in [-0.3, -0.25) is 9.59 Å². The Hall–Kier alpha value is -1.11. The van der Waals surface area contributed by atoms with E-state index in [2.05, 4.69) is 0 Å². The fourth-order valence-corrected chi connectivity index (χ4v) is 2.44. The second-order valence-electron chi connectivity index (χ2n) is 3.58. The van der Waals surface area contributed by atoms with Crippen molar-refractivity contribution in [2.24, 2.45) is 0 Å². The second-order valence-corrected chi connectivity index (χ2v) is 5.38. The number of carboxylic acid groups (broad SMARTS) is 1. The lowest BCUT2D eigenvalue weighted by atomic mass is 10.3. The van der Waals surface area contributed by atoms with Crippen LogP contribution in [0.25, 0.3) is 0 Å². The van der Waals surface area contributed by atoms with Gasteiger partial charge in [0.2, 0.25) is 5.91 Å². The third-order valence-corrected chi connectivity index (χ3v) is 3.43. The number of ether oxygens (including phenoxy) is 1. The number of methoxy groups -OCH3 is 1. The lowest BCUT2D eigenvalue weighted by molar-refractivity contribution is -0.144. The van der Waals surface area contributed by atoms with E-state index in [0.717, 1.165) is 4.88 Å². The molecule has 0 radical (unpaired) electrons. The molecule has 0 unspecified atom stereocenters. The Morgan fingerprint density at radius 2 is 2.22 bits per heavy atom. The minimum atomic E-state index is -1.04. The highest BCUT2D eigenvalue weighted by Gasteiger charge is 2.17. The quantitative estimate of drug-likeness (QED) is 0.827. The van der Waals surface area contributed by atoms with Crippen molar-refractivity contribution in [1.82, 2.24) is 4.90 Å². The van der Waals surface area contributed by atoms with Crippen LogP contribution in [0.1, 0.15) is 4.88 Å². The predicted molar refractivity (Wildman–Crippen MR) is 69.1 cm³/mol. The summed E-state index contributed by atoms with van der Waals surface area (Å²) in [5, 5.41) is 8.75. The van der Waals surface area contributed by atoms with E-state index in [1.807, 2.05) is 0 Å². The average Bonchev–Trinajstić information content (AvgIpc) is 2.69. The van der Waals surface area contributed by atoms with Crippen LogP contribution in [-0.2, 0) is 20.7 Å². The van der Waals surface area contributed by atoms with Crippen molar-refractivity contribution < 1.29 is 19.4 Å². The number of hydrogen-bond donors (Lipinski definition) is 1. The summed E-state index contributed by atoms with van der Waals surface area (Å²) in [4.78, 5) is 24.7. The summed E-state index contributed by atoms with van der Waals surface area (Å²) in [6.45, 7) is 0.256. The van der Waals surface area contributed by atoms with E-state index in [1.54, 1.807) is 12.1 Å². The van der Waals surface area contributed by atoms with Crippen molar-refractivity contribution in [1.29, 1.82) is 0 Å². The Bertz CT molecular complexity index is 421. The molecule has 5 nitrogen and oxygen atoms in total. The number of rotatable bonds is 7. The van der Waals surface area contributed by atoms with Crippen LogP contribution in [-0.4, -0.2) is 48.7 Å². The SMILES string of the molecule is COCCN(CC(=O)O)C(=O)Cc1ccc(Cl)s1. The molecule has 1 rings (SSSR count). The number of carbonyl (C=O) groups is 2. The van der Waals surface area contributed by atoms with Crippen LogP contribution in [0, 0.1) is 0 Å². The van der Waals surface area contributed by atoms with Crippen molar-refractivity contribution >= 4 is 34.8 Å². The first kappa shape index (κ1) is 14.9. The van der Waals surface area contributed by atoms with E-state index in [1.165, 1.54) is 23.3 Å². The monoisotopic (exact) mass is 291 g/mol. The molecule has 1 aromatic rings. The predicted octanol–water partition coefficient (Wildman–Crippen LogP) is 1.50. The highest BCUT2D eigenvalue weighted by molar-refractivity contribution is 7.16. The molecule has 0 aliphatic carbocycles. The summed E-state index contributed by atoms with van der Waals surface area (Å²) in [6, 6.07) is 3.48. The van der Waals surface area contributed by atoms with E-state index in [4.69, 9.17) is 21.4 Å². The number of halogens is 1. The largest absolute Gasteiger partial charge is 0.480 e. The van der Waals surface area contributed by atoms with Crippen molar-refractivity contribution in [3.63, 3.8) is 0 Å². The molecule has 0 bridgehead atoms. The normalized spacial score (nSPS) is 10.3. The standard InChI is InChI=1S/C11H14ClNO4S/c1-17-5-4-13(7-11(15)16)10(14)6-8-2-3-9(12)18-8/h2-3H,4-7H2,1H3,(H,15,16). The molecule has 0 saturated carbocycles. The molecule has 0 spiro atoms. The van der Waals surface area contributed by atoms with Gasteiger partial charge >= 0.3 is 5.97 Å². The topological polar surface area (TPSA) is 66.8 Å². The number of carbonyl (C=O) groups excluding carboxylic acids is 1. The molecule has 1 amide bonds. The molecule has 1 N–H and O–H groups in total. The Labute approximate surface area is 114 Å². The van der Waals surface area contributed by atoms with Crippen LogP contribution in [0.2, 0.25) is 4.34 Å². The first-order valence-corrected chi connectivity index (χ1v) is 6.45. The minimum Gasteiger partial charge on any atom is -0.480 e. The zero-order chi connectivity index (χ0) is 13.5. The van der Waals surface area contributed by atoms with Gasteiger partial charge in [0.05, 0.1) is 17.4 Å². The van der Waals surface area contributed by atoms with Gasteiger partial charge in [-0.25, -0.2) is 0 Å². The smallest absolute Gasteiger partial charge is 0.323 e. The lowest BCUT2D eigenvalue weighted by Crippen LogP contribution is -2.38. The molecule has 18 heavy (non-hydrogen) atoms. The number of carboxylic acids is 1.